The van der Waals surface area contributed by atoms with Gasteiger partial charge in [-0.3, -0.25) is 0 Å². The molecule has 1 unspecified atom stereocenters. The molecule has 0 fully saturated rings. The number of para-hydroxylation sites is 1. The van der Waals surface area contributed by atoms with Gasteiger partial charge < -0.3 is 4.42 Å². The summed E-state index contributed by atoms with van der Waals surface area (Å²) >= 11 is 0. The van der Waals surface area contributed by atoms with Gasteiger partial charge in [-0.15, -0.1) is 0 Å². The molecule has 2 aromatic heterocycles. The zero-order valence-corrected chi connectivity index (χ0v) is 32.8. The second-order valence-corrected chi connectivity index (χ2v) is 16.4. The molecular formula is C55H41N3O. The van der Waals surface area contributed by atoms with Gasteiger partial charge >= 0.3 is 0 Å². The fourth-order valence-electron chi connectivity index (χ4n) is 9.98. The van der Waals surface area contributed by atoms with Crippen molar-refractivity contribution in [2.75, 3.05) is 0 Å². The number of furan rings is 1. The molecule has 0 bridgehead atoms. The van der Waals surface area contributed by atoms with Crippen LogP contribution >= 0.6 is 0 Å². The highest BCUT2D eigenvalue weighted by molar-refractivity contribution is 6.16. The van der Waals surface area contributed by atoms with Gasteiger partial charge in [-0.25, -0.2) is 15.0 Å². The van der Waals surface area contributed by atoms with Crippen molar-refractivity contribution >= 4 is 66.3 Å². The molecule has 0 saturated heterocycles. The zero-order chi connectivity index (χ0) is 38.9. The molecule has 0 spiro atoms. The third kappa shape index (κ3) is 5.85. The molecular weight excluding hydrogens is 719 g/mol. The SMILES string of the molecule is C1=CCCC(c2ccc3c(c2)CCC(c2ccc4oc5ccccc5c4c2-c2nc(C4=CC=C5C=CCCC5C4)nc(-c4cc5ccccc5c5ccccc45)n2)=C3)=C1. The number of hydrogen-bond donors (Lipinski definition) is 0. The Morgan fingerprint density at radius 1 is 0.559 bits per heavy atom. The van der Waals surface area contributed by atoms with Crippen LogP contribution in [0.3, 0.4) is 0 Å². The van der Waals surface area contributed by atoms with E-state index in [2.05, 4.69) is 152 Å². The Hall–Kier alpha value is -6.91. The number of nitrogens with zero attached hydrogens (tertiary/aromatic N) is 3. The highest BCUT2D eigenvalue weighted by atomic mass is 16.3. The van der Waals surface area contributed by atoms with Gasteiger partial charge in [0.2, 0.25) is 0 Å². The van der Waals surface area contributed by atoms with Crippen molar-refractivity contribution in [3.05, 3.63) is 185 Å². The van der Waals surface area contributed by atoms with Gasteiger partial charge in [0.1, 0.15) is 11.2 Å². The van der Waals surface area contributed by atoms with Gasteiger partial charge in [-0.2, -0.15) is 0 Å². The number of benzene rings is 6. The molecule has 4 nitrogen and oxygen atoms in total. The van der Waals surface area contributed by atoms with E-state index in [4.69, 9.17) is 19.4 Å². The molecule has 0 N–H and O–H groups in total. The van der Waals surface area contributed by atoms with Crippen LogP contribution in [0.5, 0.6) is 0 Å². The second kappa shape index (κ2) is 13.9. The zero-order valence-electron chi connectivity index (χ0n) is 32.8. The molecule has 0 saturated carbocycles. The minimum absolute atomic E-state index is 0.459. The standard InChI is InChI=1S/C55H41N3O/c1-2-12-34(13-3-1)37-23-24-39-31-41(26-25-38(39)30-37)44-28-29-50-51(47-20-10-11-21-49(47)59-50)52(44)55-57-53(42-27-22-35-14-4-5-15-36(35)32-42)56-54(58-55)48-33-40-16-6-7-17-43(40)45-18-8-9-19-46(45)48/h1-2,4,6-12,14,16-24,27-31,33,36H,3,5,13,15,25-26,32H2. The Bertz CT molecular complexity index is 3260. The van der Waals surface area contributed by atoms with Crippen molar-refractivity contribution in [3.63, 3.8) is 0 Å². The molecule has 0 radical (unpaired) electrons. The van der Waals surface area contributed by atoms with Crippen LogP contribution in [0.2, 0.25) is 0 Å². The molecule has 2 heterocycles. The summed E-state index contributed by atoms with van der Waals surface area (Å²) in [5.41, 5.74) is 14.1. The van der Waals surface area contributed by atoms with Gasteiger partial charge in [0.15, 0.2) is 17.5 Å². The first kappa shape index (κ1) is 34.2. The van der Waals surface area contributed by atoms with Crippen LogP contribution in [0.1, 0.15) is 66.6 Å². The van der Waals surface area contributed by atoms with E-state index in [9.17, 15) is 0 Å². The quantitative estimate of drug-likeness (QED) is 0.164. The normalized spacial score (nSPS) is 17.5. The molecule has 0 amide bonds. The van der Waals surface area contributed by atoms with E-state index in [1.165, 1.54) is 44.2 Å². The predicted octanol–water partition coefficient (Wildman–Crippen LogP) is 14.3. The van der Waals surface area contributed by atoms with E-state index in [0.29, 0.717) is 17.6 Å². The minimum atomic E-state index is 0.459. The average molecular weight is 760 g/mol. The molecule has 1 atom stereocenters. The fraction of sp³-hybridized carbons (Fsp3) is 0.145. The molecule has 4 aliphatic carbocycles. The average Bonchev–Trinajstić information content (AvgIpc) is 3.69. The number of rotatable bonds is 5. The van der Waals surface area contributed by atoms with Crippen molar-refractivity contribution in [2.45, 2.75) is 44.9 Å². The molecule has 282 valence electrons. The van der Waals surface area contributed by atoms with Crippen molar-refractivity contribution in [1.82, 2.24) is 15.0 Å². The summed E-state index contributed by atoms with van der Waals surface area (Å²) in [5, 5.41) is 6.81. The largest absolute Gasteiger partial charge is 0.456 e. The highest BCUT2D eigenvalue weighted by Gasteiger charge is 2.27. The summed E-state index contributed by atoms with van der Waals surface area (Å²) in [6.45, 7) is 0. The van der Waals surface area contributed by atoms with E-state index >= 15 is 0 Å². The van der Waals surface area contributed by atoms with Crippen LogP contribution in [0.25, 0.3) is 89.1 Å². The predicted molar refractivity (Wildman–Crippen MR) is 245 cm³/mol. The Labute approximate surface area is 343 Å². The van der Waals surface area contributed by atoms with E-state index in [1.807, 2.05) is 6.07 Å². The van der Waals surface area contributed by atoms with Crippen LogP contribution in [0, 0.1) is 5.92 Å². The van der Waals surface area contributed by atoms with E-state index < -0.39 is 0 Å². The summed E-state index contributed by atoms with van der Waals surface area (Å²) < 4.78 is 6.58. The summed E-state index contributed by atoms with van der Waals surface area (Å²) in [6.07, 6.45) is 25.4. The van der Waals surface area contributed by atoms with Gasteiger partial charge in [0, 0.05) is 21.9 Å². The highest BCUT2D eigenvalue weighted by Crippen LogP contribution is 2.45. The topological polar surface area (TPSA) is 51.8 Å². The Balaban J connectivity index is 1.11. The first-order valence-corrected chi connectivity index (χ1v) is 21.1. The van der Waals surface area contributed by atoms with Crippen LogP contribution in [0.4, 0.5) is 0 Å². The van der Waals surface area contributed by atoms with Crippen molar-refractivity contribution in [3.8, 4) is 22.8 Å². The molecule has 6 aromatic carbocycles. The monoisotopic (exact) mass is 759 g/mol. The maximum Gasteiger partial charge on any atom is 0.165 e. The van der Waals surface area contributed by atoms with Crippen molar-refractivity contribution < 1.29 is 4.42 Å². The number of hydrogen-bond acceptors (Lipinski definition) is 4. The second-order valence-electron chi connectivity index (χ2n) is 16.4. The summed E-state index contributed by atoms with van der Waals surface area (Å²) in [4.78, 5) is 16.5. The molecule has 12 rings (SSSR count). The number of aromatic nitrogens is 3. The smallest absolute Gasteiger partial charge is 0.165 e. The van der Waals surface area contributed by atoms with E-state index in [-0.39, 0.29) is 0 Å². The van der Waals surface area contributed by atoms with Gasteiger partial charge in [0.05, 0.1) is 0 Å². The van der Waals surface area contributed by atoms with Crippen molar-refractivity contribution in [2.24, 2.45) is 5.92 Å². The summed E-state index contributed by atoms with van der Waals surface area (Å²) in [5.74, 6) is 2.56. The third-order valence-electron chi connectivity index (χ3n) is 13.0. The molecule has 8 aromatic rings. The molecule has 4 heteroatoms. The first-order chi connectivity index (χ1) is 29.2. The lowest BCUT2D eigenvalue weighted by Crippen LogP contribution is -2.12. The minimum Gasteiger partial charge on any atom is -0.456 e. The van der Waals surface area contributed by atoms with Gasteiger partial charge in [-0.1, -0.05) is 140 Å². The Morgan fingerprint density at radius 2 is 1.39 bits per heavy atom. The van der Waals surface area contributed by atoms with Crippen molar-refractivity contribution in [1.29, 1.82) is 0 Å². The number of aryl methyl sites for hydroxylation is 1. The Morgan fingerprint density at radius 3 is 2.31 bits per heavy atom. The molecule has 0 aliphatic heterocycles. The fourth-order valence-corrected chi connectivity index (χ4v) is 9.98. The lowest BCUT2D eigenvalue weighted by atomic mass is 9.81. The number of fused-ring (bicyclic) bond motifs is 8. The third-order valence-corrected chi connectivity index (χ3v) is 13.0. The van der Waals surface area contributed by atoms with E-state index in [0.717, 1.165) is 106 Å². The first-order valence-electron chi connectivity index (χ1n) is 21.1. The molecule has 59 heavy (non-hydrogen) atoms. The maximum atomic E-state index is 6.58. The van der Waals surface area contributed by atoms with Crippen LogP contribution < -0.4 is 0 Å². The van der Waals surface area contributed by atoms with Gasteiger partial charge in [-0.05, 0) is 135 Å². The summed E-state index contributed by atoms with van der Waals surface area (Å²) in [6, 6.07) is 39.3. The molecule has 4 aliphatic rings. The lowest BCUT2D eigenvalue weighted by molar-refractivity contribution is 0.571. The number of allylic oxidation sites excluding steroid dienone is 11. The summed E-state index contributed by atoms with van der Waals surface area (Å²) in [7, 11) is 0. The maximum absolute atomic E-state index is 6.58. The van der Waals surface area contributed by atoms with Crippen LogP contribution in [-0.2, 0) is 6.42 Å². The van der Waals surface area contributed by atoms with E-state index in [1.54, 1.807) is 0 Å². The van der Waals surface area contributed by atoms with Gasteiger partial charge in [0.25, 0.3) is 0 Å². The van der Waals surface area contributed by atoms with Crippen LogP contribution in [-0.4, -0.2) is 15.0 Å². The lowest BCUT2D eigenvalue weighted by Gasteiger charge is -2.25. The Kier molecular flexibility index (Phi) is 8.04. The van der Waals surface area contributed by atoms with Crippen LogP contribution in [0.15, 0.2) is 162 Å².